The molecule has 0 saturated heterocycles. The summed E-state index contributed by atoms with van der Waals surface area (Å²) in [5.74, 6) is -0.0212. The highest BCUT2D eigenvalue weighted by atomic mass is 35.5. The van der Waals surface area contributed by atoms with E-state index in [2.05, 4.69) is 47.4 Å². The summed E-state index contributed by atoms with van der Waals surface area (Å²) in [6, 6.07) is 18.3. The highest BCUT2D eigenvalue weighted by Crippen LogP contribution is 2.19. The third kappa shape index (κ3) is 4.08. The molecule has 0 aromatic heterocycles. The van der Waals surface area contributed by atoms with Gasteiger partial charge < -0.3 is 23.5 Å². The van der Waals surface area contributed by atoms with Crippen LogP contribution in [0.2, 0.25) is 0 Å². The maximum Gasteiger partial charge on any atom is 0.278 e. The fourth-order valence-corrected chi connectivity index (χ4v) is 2.05. The summed E-state index contributed by atoms with van der Waals surface area (Å²) < 4.78 is 0. The molecule has 0 spiro atoms. The third-order valence-corrected chi connectivity index (χ3v) is 3.16. The van der Waals surface area contributed by atoms with Gasteiger partial charge in [0.2, 0.25) is 0 Å². The Morgan fingerprint density at radius 1 is 1.05 bits per heavy atom. The van der Waals surface area contributed by atoms with E-state index in [0.29, 0.717) is 6.42 Å². The number of halogens is 1. The molecule has 0 bridgehead atoms. The molecule has 3 nitrogen and oxygen atoms in total. The standard InChI is InChI=1S/C16H18N2O.ClH/c1-18-16(19)15(17)11-12-7-9-14(10-8-12)13-5-3-2-4-6-13;/h2-10,15H,11,17H2,1H3,(H,18,19);1H/t15-;/m0./s1. The van der Waals surface area contributed by atoms with E-state index in [9.17, 15) is 4.79 Å². The van der Waals surface area contributed by atoms with Crippen molar-refractivity contribution in [2.45, 2.75) is 12.5 Å². The molecule has 0 unspecified atom stereocenters. The Bertz CT molecular complexity index is 540. The molecule has 2 rings (SSSR count). The van der Waals surface area contributed by atoms with Crippen LogP contribution in [0.25, 0.3) is 11.1 Å². The zero-order valence-corrected chi connectivity index (χ0v) is 12.2. The number of hydrogen-bond acceptors (Lipinski definition) is 1. The summed E-state index contributed by atoms with van der Waals surface area (Å²) in [6.07, 6.45) is 0.661. The lowest BCUT2D eigenvalue weighted by Gasteiger charge is -2.08. The first-order chi connectivity index (χ1) is 9.20. The summed E-state index contributed by atoms with van der Waals surface area (Å²) in [5.41, 5.74) is 7.39. The van der Waals surface area contributed by atoms with Crippen LogP contribution in [0, 0.1) is 0 Å². The van der Waals surface area contributed by atoms with E-state index in [1.54, 1.807) is 7.05 Å². The molecule has 4 heteroatoms. The van der Waals surface area contributed by atoms with Crippen molar-refractivity contribution in [1.29, 1.82) is 0 Å². The first-order valence-electron chi connectivity index (χ1n) is 6.39. The molecule has 2 aromatic carbocycles. The molecular formula is C16H19ClN2O. The minimum Gasteiger partial charge on any atom is -1.00 e. The Morgan fingerprint density at radius 3 is 2.15 bits per heavy atom. The Labute approximate surface area is 125 Å². The molecule has 0 saturated carbocycles. The predicted octanol–water partition coefficient (Wildman–Crippen LogP) is -1.74. The van der Waals surface area contributed by atoms with Gasteiger partial charge in [-0.2, -0.15) is 0 Å². The number of rotatable bonds is 4. The largest absolute Gasteiger partial charge is 1.00 e. The summed E-state index contributed by atoms with van der Waals surface area (Å²) in [6.45, 7) is 0. The Morgan fingerprint density at radius 2 is 1.60 bits per heavy atom. The highest BCUT2D eigenvalue weighted by molar-refractivity contribution is 5.80. The highest BCUT2D eigenvalue weighted by Gasteiger charge is 2.15. The first kappa shape index (κ1) is 16.2. The molecule has 106 valence electrons. The number of nitrogens with one attached hydrogen (secondary N) is 1. The summed E-state index contributed by atoms with van der Waals surface area (Å²) in [7, 11) is 1.64. The van der Waals surface area contributed by atoms with Gasteiger partial charge in [0.05, 0.1) is 0 Å². The van der Waals surface area contributed by atoms with E-state index in [0.717, 1.165) is 5.56 Å². The van der Waals surface area contributed by atoms with Crippen molar-refractivity contribution in [3.63, 3.8) is 0 Å². The second-order valence-corrected chi connectivity index (χ2v) is 4.58. The molecule has 2 aromatic rings. The van der Waals surface area contributed by atoms with E-state index in [4.69, 9.17) is 0 Å². The second kappa shape index (κ2) is 7.68. The van der Waals surface area contributed by atoms with Gasteiger partial charge in [-0.15, -0.1) is 0 Å². The van der Waals surface area contributed by atoms with Gasteiger partial charge in [0, 0.05) is 13.5 Å². The van der Waals surface area contributed by atoms with Crippen LogP contribution >= 0.6 is 0 Å². The molecular weight excluding hydrogens is 272 g/mol. The Balaban J connectivity index is 0.00000200. The quantitative estimate of drug-likeness (QED) is 0.690. The van der Waals surface area contributed by atoms with E-state index in [-0.39, 0.29) is 24.4 Å². The van der Waals surface area contributed by atoms with Crippen molar-refractivity contribution in [3.05, 3.63) is 60.2 Å². The van der Waals surface area contributed by atoms with Crippen LogP contribution in [0.3, 0.4) is 0 Å². The van der Waals surface area contributed by atoms with Crippen molar-refractivity contribution in [1.82, 2.24) is 5.32 Å². The fraction of sp³-hybridized carbons (Fsp3) is 0.188. The van der Waals surface area contributed by atoms with Gasteiger partial charge in [0.1, 0.15) is 0 Å². The number of amides is 1. The van der Waals surface area contributed by atoms with E-state index < -0.39 is 0 Å². The van der Waals surface area contributed by atoms with Gasteiger partial charge in [-0.3, -0.25) is 4.79 Å². The molecule has 0 aliphatic carbocycles. The number of hydrogen-bond donors (Lipinski definition) is 2. The van der Waals surface area contributed by atoms with E-state index in [1.807, 2.05) is 18.2 Å². The average molecular weight is 291 g/mol. The van der Waals surface area contributed by atoms with Crippen molar-refractivity contribution in [3.8, 4) is 11.1 Å². The maximum absolute atomic E-state index is 11.4. The molecule has 0 aliphatic rings. The number of carbonyl (C=O) groups is 1. The maximum atomic E-state index is 11.4. The third-order valence-electron chi connectivity index (χ3n) is 3.16. The minimum atomic E-state index is -0.243. The van der Waals surface area contributed by atoms with Gasteiger partial charge in [0.25, 0.3) is 5.91 Å². The fourth-order valence-electron chi connectivity index (χ4n) is 2.05. The minimum absolute atomic E-state index is 0. The molecule has 1 atom stereocenters. The van der Waals surface area contributed by atoms with Gasteiger partial charge in [-0.1, -0.05) is 54.6 Å². The predicted molar refractivity (Wildman–Crippen MR) is 76.3 cm³/mol. The molecule has 4 N–H and O–H groups in total. The normalized spacial score (nSPS) is 11.3. The lowest BCUT2D eigenvalue weighted by atomic mass is 10.0. The lowest BCUT2D eigenvalue weighted by Crippen LogP contribution is -3.00. The lowest BCUT2D eigenvalue weighted by molar-refractivity contribution is -0.403. The summed E-state index contributed by atoms with van der Waals surface area (Å²) >= 11 is 0. The van der Waals surface area contributed by atoms with Crippen molar-refractivity contribution in [2.75, 3.05) is 7.05 Å². The Kier molecular flexibility index (Phi) is 6.22. The zero-order chi connectivity index (χ0) is 13.7. The molecule has 0 aliphatic heterocycles. The van der Waals surface area contributed by atoms with E-state index >= 15 is 0 Å². The molecule has 20 heavy (non-hydrogen) atoms. The number of benzene rings is 2. The van der Waals surface area contributed by atoms with Crippen LogP contribution in [0.15, 0.2) is 54.6 Å². The van der Waals surface area contributed by atoms with Gasteiger partial charge in [0.15, 0.2) is 6.04 Å². The number of carbonyl (C=O) groups excluding carboxylic acids is 1. The van der Waals surface area contributed by atoms with Crippen LogP contribution < -0.4 is 23.5 Å². The second-order valence-electron chi connectivity index (χ2n) is 4.58. The van der Waals surface area contributed by atoms with Crippen LogP contribution in [-0.2, 0) is 11.2 Å². The monoisotopic (exact) mass is 290 g/mol. The van der Waals surface area contributed by atoms with Crippen LogP contribution in [0.4, 0.5) is 0 Å². The SMILES string of the molecule is CNC(=O)[C@@H]([NH3+])Cc1ccc(-c2ccccc2)cc1.[Cl-]. The smallest absolute Gasteiger partial charge is 0.278 e. The number of likely N-dealkylation sites (N-methyl/N-ethyl adjacent to an activating group) is 1. The summed E-state index contributed by atoms with van der Waals surface area (Å²) in [5, 5.41) is 2.62. The van der Waals surface area contributed by atoms with Crippen molar-refractivity contribution < 1.29 is 22.9 Å². The molecule has 0 radical (unpaired) electrons. The molecule has 0 heterocycles. The zero-order valence-electron chi connectivity index (χ0n) is 11.5. The van der Waals surface area contributed by atoms with Crippen LogP contribution in [-0.4, -0.2) is 19.0 Å². The van der Waals surface area contributed by atoms with Gasteiger partial charge >= 0.3 is 0 Å². The van der Waals surface area contributed by atoms with Gasteiger partial charge in [-0.05, 0) is 16.7 Å². The van der Waals surface area contributed by atoms with E-state index in [1.165, 1.54) is 11.1 Å². The van der Waals surface area contributed by atoms with Crippen LogP contribution in [0.5, 0.6) is 0 Å². The molecule has 1 amide bonds. The Hall–Kier alpha value is -1.84. The van der Waals surface area contributed by atoms with Crippen molar-refractivity contribution in [2.24, 2.45) is 0 Å². The first-order valence-corrected chi connectivity index (χ1v) is 6.39. The van der Waals surface area contributed by atoms with Gasteiger partial charge in [-0.25, -0.2) is 0 Å². The topological polar surface area (TPSA) is 56.7 Å². The summed E-state index contributed by atoms with van der Waals surface area (Å²) in [4.78, 5) is 11.4. The molecule has 0 fully saturated rings. The van der Waals surface area contributed by atoms with Crippen LogP contribution in [0.1, 0.15) is 5.56 Å². The number of quaternary nitrogens is 1. The van der Waals surface area contributed by atoms with Crippen molar-refractivity contribution >= 4 is 5.91 Å². The average Bonchev–Trinajstić information content (AvgIpc) is 2.48.